The molecule has 9 heteroatoms. The van der Waals surface area contributed by atoms with E-state index in [1.54, 1.807) is 0 Å². The first-order valence-corrected chi connectivity index (χ1v) is 25.6. The molecule has 2 N–H and O–H groups in total. The summed E-state index contributed by atoms with van der Waals surface area (Å²) in [5.41, 5.74) is 0. The van der Waals surface area contributed by atoms with Gasteiger partial charge >= 0.3 is 5.97 Å². The Hall–Kier alpha value is -2.83. The van der Waals surface area contributed by atoms with Crippen molar-refractivity contribution in [1.82, 2.24) is 10.6 Å². The van der Waals surface area contributed by atoms with Gasteiger partial charge in [0.25, 0.3) is 0 Å². The van der Waals surface area contributed by atoms with Crippen molar-refractivity contribution < 1.29 is 33.0 Å². The number of ether oxygens (including phenoxy) is 3. The Bertz CT molecular complexity index is 1200. The molecule has 0 saturated carbocycles. The van der Waals surface area contributed by atoms with E-state index in [1.807, 2.05) is 69.2 Å². The Kier molecular flexibility index (Phi) is 53.5. The molecule has 0 atom stereocenters. The Morgan fingerprint density at radius 2 is 0.909 bits per heavy atom. The summed E-state index contributed by atoms with van der Waals surface area (Å²) in [6.07, 6.45) is 1.02. The van der Waals surface area contributed by atoms with Crippen molar-refractivity contribution in [2.75, 3.05) is 33.0 Å². The van der Waals surface area contributed by atoms with Gasteiger partial charge in [-0.15, -0.1) is 11.8 Å². The van der Waals surface area contributed by atoms with Crippen molar-refractivity contribution in [1.29, 1.82) is 0 Å². The van der Waals surface area contributed by atoms with Crippen LogP contribution >= 0.6 is 0 Å². The Morgan fingerprint density at radius 3 is 1.14 bits per heavy atom. The van der Waals surface area contributed by atoms with Gasteiger partial charge in [-0.1, -0.05) is 166 Å². The molecule has 0 saturated heterocycles. The monoisotopic (exact) mass is 939 g/mol. The number of esters is 1. The summed E-state index contributed by atoms with van der Waals surface area (Å²) in [5.74, 6) is 14.2. The van der Waals surface area contributed by atoms with Crippen LogP contribution in [0.25, 0.3) is 0 Å². The summed E-state index contributed by atoms with van der Waals surface area (Å²) in [6, 6.07) is 4.41. The lowest BCUT2D eigenvalue weighted by atomic mass is 10.1. The summed E-state index contributed by atoms with van der Waals surface area (Å²) < 4.78 is 21.2. The van der Waals surface area contributed by atoms with Gasteiger partial charge in [-0.2, -0.15) is 0 Å². The van der Waals surface area contributed by atoms with Gasteiger partial charge in [-0.25, -0.2) is 0 Å². The van der Waals surface area contributed by atoms with Gasteiger partial charge in [0.05, 0.1) is 18.6 Å². The fourth-order valence-corrected chi connectivity index (χ4v) is 3.92. The molecule has 0 unspecified atom stereocenters. The van der Waals surface area contributed by atoms with Crippen LogP contribution in [0.4, 0.5) is 0 Å². The predicted octanol–water partition coefficient (Wildman–Crippen LogP) is 15.0. The molecule has 1 aromatic rings. The molecule has 0 aliphatic rings. The van der Waals surface area contributed by atoms with Crippen molar-refractivity contribution >= 4 is 17.8 Å². The lowest BCUT2D eigenvalue weighted by Gasteiger charge is -2.09. The number of rotatable bonds is 18. The quantitative estimate of drug-likeness (QED) is 0.111. The zero-order valence-corrected chi connectivity index (χ0v) is 48.8. The molecule has 1 rings (SSSR count). The summed E-state index contributed by atoms with van der Waals surface area (Å²) in [7, 11) is 0. The topological polar surface area (TPSA) is 116 Å². The SMILES string of the molecule is CC(C)C#CC(C)C.CC(C)CC(=O)NC(C)C.CC(C)CNC(=O)C(C)C.CC(C)COC(=O)C(C)C.CC(C)COC(C)C.CC(C)COCC(C)C.CC(C)c1ccc(C(C)C)o1. The first kappa shape index (κ1) is 74.7. The van der Waals surface area contributed by atoms with Crippen molar-refractivity contribution in [2.45, 2.75) is 224 Å². The van der Waals surface area contributed by atoms with E-state index < -0.39 is 0 Å². The van der Waals surface area contributed by atoms with E-state index in [0.29, 0.717) is 78.3 Å². The van der Waals surface area contributed by atoms with Crippen molar-refractivity contribution in [3.63, 3.8) is 0 Å². The van der Waals surface area contributed by atoms with E-state index in [9.17, 15) is 14.4 Å². The van der Waals surface area contributed by atoms with Crippen LogP contribution in [-0.2, 0) is 28.6 Å². The zero-order valence-electron chi connectivity index (χ0n) is 48.8. The van der Waals surface area contributed by atoms with Gasteiger partial charge in [-0.05, 0) is 75.3 Å². The molecule has 0 aliphatic carbocycles. The van der Waals surface area contributed by atoms with Gasteiger partial charge < -0.3 is 29.3 Å². The minimum absolute atomic E-state index is 0.00116. The van der Waals surface area contributed by atoms with Crippen LogP contribution in [0.15, 0.2) is 16.5 Å². The molecule has 9 nitrogen and oxygen atoms in total. The minimum Gasteiger partial charge on any atom is -0.466 e. The second kappa shape index (κ2) is 47.2. The maximum absolute atomic E-state index is 11.0. The standard InChI is InChI=1S/C10H16O.2C8H17NO.C8H16O2.C8H18O.C8H14.C7H16O/c1-7(2)9-5-6-10(11-9)8(3)4;1-6(2)5-9-8(10)7(3)4;1-6(2)5-8(10)9-7(3)4;1-6(2)5-10-8(9)7(3)4;1-7(2)5-9-6-8(3)4;1-7(2)5-6-8(3)4;1-6(2)5-8-7(3)4/h5-8H,1-4H3;2*6-7H,5H2,1-4H3,(H,9,10);6-7H,5H2,1-4H3;7-8H,5-6H2,1-4H3;7-8H,1-4H3;6-7H,5H2,1-4H3. The van der Waals surface area contributed by atoms with E-state index >= 15 is 0 Å². The fourth-order valence-electron chi connectivity index (χ4n) is 3.92. The highest BCUT2D eigenvalue weighted by atomic mass is 16.5. The van der Waals surface area contributed by atoms with Crippen molar-refractivity contribution in [3.05, 3.63) is 23.7 Å². The van der Waals surface area contributed by atoms with Crippen LogP contribution in [0.1, 0.15) is 224 Å². The van der Waals surface area contributed by atoms with Crippen LogP contribution in [0.5, 0.6) is 0 Å². The van der Waals surface area contributed by atoms with E-state index in [1.165, 1.54) is 0 Å². The van der Waals surface area contributed by atoms with Gasteiger partial charge in [0.15, 0.2) is 0 Å². The van der Waals surface area contributed by atoms with E-state index in [4.69, 9.17) is 18.6 Å². The highest BCUT2D eigenvalue weighted by Gasteiger charge is 2.09. The van der Waals surface area contributed by atoms with E-state index in [0.717, 1.165) is 37.9 Å². The molecule has 0 fully saturated rings. The third kappa shape index (κ3) is 70.2. The Balaban J connectivity index is -0.000000160. The number of amides is 2. The van der Waals surface area contributed by atoms with Crippen molar-refractivity contribution in [2.24, 2.45) is 59.2 Å². The van der Waals surface area contributed by atoms with E-state index in [2.05, 4.69) is 159 Å². The largest absolute Gasteiger partial charge is 0.466 e. The first-order chi connectivity index (χ1) is 30.1. The molecule has 1 aromatic heterocycles. The zero-order chi connectivity index (χ0) is 53.3. The van der Waals surface area contributed by atoms with E-state index in [-0.39, 0.29) is 35.7 Å². The number of hydrogen-bond acceptors (Lipinski definition) is 7. The normalized spacial score (nSPS) is 10.8. The Labute approximate surface area is 412 Å². The van der Waals surface area contributed by atoms with Crippen LogP contribution < -0.4 is 10.6 Å². The summed E-state index contributed by atoms with van der Waals surface area (Å²) in [6.45, 7) is 61.8. The Morgan fingerprint density at radius 1 is 0.515 bits per heavy atom. The molecular formula is C57H114N2O7. The molecule has 394 valence electrons. The lowest BCUT2D eigenvalue weighted by molar-refractivity contribution is -0.148. The van der Waals surface area contributed by atoms with Crippen LogP contribution in [-0.4, -0.2) is 62.9 Å². The fraction of sp³-hybridized carbons (Fsp3) is 0.842. The van der Waals surface area contributed by atoms with Gasteiger partial charge in [-0.3, -0.25) is 14.4 Å². The molecule has 1 heterocycles. The van der Waals surface area contributed by atoms with Gasteiger partial charge in [0, 0.05) is 68.4 Å². The summed E-state index contributed by atoms with van der Waals surface area (Å²) in [4.78, 5) is 32.7. The number of carbonyl (C=O) groups excluding carboxylic acids is 3. The van der Waals surface area contributed by atoms with Gasteiger partial charge in [0.1, 0.15) is 11.5 Å². The number of nitrogens with one attached hydrogen (secondary N) is 2. The van der Waals surface area contributed by atoms with Crippen LogP contribution in [0, 0.1) is 71.0 Å². The highest BCUT2D eigenvalue weighted by molar-refractivity contribution is 5.77. The molecule has 66 heavy (non-hydrogen) atoms. The highest BCUT2D eigenvalue weighted by Crippen LogP contribution is 2.22. The molecule has 0 aliphatic heterocycles. The van der Waals surface area contributed by atoms with Crippen molar-refractivity contribution in [3.8, 4) is 11.8 Å². The second-order valence-corrected chi connectivity index (χ2v) is 22.0. The third-order valence-corrected chi connectivity index (χ3v) is 7.39. The lowest BCUT2D eigenvalue weighted by Crippen LogP contribution is -2.30. The maximum atomic E-state index is 11.0. The summed E-state index contributed by atoms with van der Waals surface area (Å²) in [5, 5.41) is 5.68. The average Bonchev–Trinajstić information content (AvgIpc) is 3.67. The minimum atomic E-state index is -0.103. The molecule has 0 spiro atoms. The number of furan rings is 1. The smallest absolute Gasteiger partial charge is 0.308 e. The average molecular weight is 940 g/mol. The molecule has 0 radical (unpaired) electrons. The van der Waals surface area contributed by atoms with Gasteiger partial charge in [0.2, 0.25) is 11.8 Å². The number of carbonyl (C=O) groups is 3. The van der Waals surface area contributed by atoms with Crippen LogP contribution in [0.2, 0.25) is 0 Å². The molecule has 2 amide bonds. The second-order valence-electron chi connectivity index (χ2n) is 22.0. The predicted molar refractivity (Wildman–Crippen MR) is 287 cm³/mol. The molecule has 0 aromatic carbocycles. The molecular weight excluding hydrogens is 825 g/mol. The molecule has 0 bridgehead atoms. The first-order valence-electron chi connectivity index (χ1n) is 25.6. The maximum Gasteiger partial charge on any atom is 0.308 e. The summed E-state index contributed by atoms with van der Waals surface area (Å²) >= 11 is 0. The third-order valence-electron chi connectivity index (χ3n) is 7.39. The van der Waals surface area contributed by atoms with Crippen LogP contribution in [0.3, 0.4) is 0 Å². The number of hydrogen-bond donors (Lipinski definition) is 2.